The van der Waals surface area contributed by atoms with E-state index in [0.717, 1.165) is 0 Å². The van der Waals surface area contributed by atoms with Crippen molar-refractivity contribution >= 4 is 23.8 Å². The summed E-state index contributed by atoms with van der Waals surface area (Å²) in [6.07, 6.45) is -1.28. The van der Waals surface area contributed by atoms with Crippen molar-refractivity contribution in [1.82, 2.24) is 15.8 Å². The number of rotatable bonds is 7. The maximum Gasteiger partial charge on any atom is 0.344 e. The van der Waals surface area contributed by atoms with Gasteiger partial charge in [-0.25, -0.2) is 9.59 Å². The van der Waals surface area contributed by atoms with Crippen molar-refractivity contribution in [2.75, 3.05) is 6.61 Å². The molecular formula is C21H21N3O6. The lowest BCUT2D eigenvalue weighted by atomic mass is 9.87. The molecule has 9 heteroatoms. The van der Waals surface area contributed by atoms with Crippen molar-refractivity contribution in [1.29, 1.82) is 0 Å². The lowest BCUT2D eigenvalue weighted by Crippen LogP contribution is -2.49. The minimum Gasteiger partial charge on any atom is -0.453 e. The Morgan fingerprint density at radius 3 is 2.30 bits per heavy atom. The lowest BCUT2D eigenvalue weighted by molar-refractivity contribution is -0.158. The highest BCUT2D eigenvalue weighted by molar-refractivity contribution is 6.08. The second kappa shape index (κ2) is 8.75. The van der Waals surface area contributed by atoms with Crippen LogP contribution in [0.2, 0.25) is 0 Å². The zero-order valence-electron chi connectivity index (χ0n) is 16.2. The molecule has 2 atom stereocenters. The number of carbonyl (C=O) groups excluding carboxylic acids is 4. The third-order valence-electron chi connectivity index (χ3n) is 4.81. The molecule has 0 aromatic heterocycles. The SMILES string of the molecule is CC[C@@]1(c2ccccc2)NC(=O)N(NC(=O)COC(=O)[C@@H](O)c2ccccc2)C1=O. The molecule has 1 fully saturated rings. The molecule has 1 saturated heterocycles. The average Bonchev–Trinajstić information content (AvgIpc) is 3.03. The van der Waals surface area contributed by atoms with Gasteiger partial charge in [-0.05, 0) is 17.5 Å². The molecule has 0 saturated carbocycles. The average molecular weight is 411 g/mol. The summed E-state index contributed by atoms with van der Waals surface area (Å²) in [6, 6.07) is 16.0. The number of hydrazine groups is 1. The van der Waals surface area contributed by atoms with E-state index in [4.69, 9.17) is 4.74 Å². The Hall–Kier alpha value is -3.72. The van der Waals surface area contributed by atoms with Gasteiger partial charge < -0.3 is 15.2 Å². The molecule has 0 radical (unpaired) electrons. The van der Waals surface area contributed by atoms with Gasteiger partial charge in [-0.2, -0.15) is 5.01 Å². The van der Waals surface area contributed by atoms with Crippen molar-refractivity contribution in [3.05, 3.63) is 71.8 Å². The number of aliphatic hydroxyl groups is 1. The highest BCUT2D eigenvalue weighted by Crippen LogP contribution is 2.31. The van der Waals surface area contributed by atoms with Crippen LogP contribution in [0, 0.1) is 0 Å². The first-order valence-corrected chi connectivity index (χ1v) is 9.30. The number of esters is 1. The number of nitrogens with one attached hydrogen (secondary N) is 2. The van der Waals surface area contributed by atoms with E-state index in [2.05, 4.69) is 10.7 Å². The predicted octanol–water partition coefficient (Wildman–Crippen LogP) is 1.15. The summed E-state index contributed by atoms with van der Waals surface area (Å²) in [6.45, 7) is 0.966. The molecule has 9 nitrogen and oxygen atoms in total. The second-order valence-electron chi connectivity index (χ2n) is 6.65. The number of aliphatic hydroxyl groups excluding tert-OH is 1. The standard InChI is InChI=1S/C21H21N3O6/c1-2-21(15-11-7-4-8-12-15)19(28)24(20(29)22-21)23-16(25)13-30-18(27)17(26)14-9-5-3-6-10-14/h3-12,17,26H,2,13H2,1H3,(H,22,29)(H,23,25)/t17-,21-/m0/s1. The first-order valence-electron chi connectivity index (χ1n) is 9.30. The van der Waals surface area contributed by atoms with E-state index in [9.17, 15) is 24.3 Å². The molecule has 2 aromatic rings. The maximum absolute atomic E-state index is 12.9. The molecule has 3 rings (SSSR count). The summed E-state index contributed by atoms with van der Waals surface area (Å²) in [5, 5.41) is 13.1. The number of benzene rings is 2. The number of imide groups is 1. The topological polar surface area (TPSA) is 125 Å². The fourth-order valence-corrected chi connectivity index (χ4v) is 3.18. The van der Waals surface area contributed by atoms with Crippen LogP contribution in [-0.2, 0) is 24.7 Å². The van der Waals surface area contributed by atoms with Crippen molar-refractivity contribution in [2.24, 2.45) is 0 Å². The highest BCUT2D eigenvalue weighted by atomic mass is 16.5. The Morgan fingerprint density at radius 1 is 1.10 bits per heavy atom. The van der Waals surface area contributed by atoms with Crippen LogP contribution in [0.15, 0.2) is 60.7 Å². The van der Waals surface area contributed by atoms with Crippen molar-refractivity contribution in [3.63, 3.8) is 0 Å². The van der Waals surface area contributed by atoms with Crippen LogP contribution >= 0.6 is 0 Å². The summed E-state index contributed by atoms with van der Waals surface area (Å²) < 4.78 is 4.79. The number of ether oxygens (including phenoxy) is 1. The van der Waals surface area contributed by atoms with Gasteiger partial charge in [0.25, 0.3) is 11.8 Å². The van der Waals surface area contributed by atoms with E-state index in [-0.39, 0.29) is 6.42 Å². The highest BCUT2D eigenvalue weighted by Gasteiger charge is 2.52. The Kier molecular flexibility index (Phi) is 6.12. The van der Waals surface area contributed by atoms with Gasteiger partial charge in [-0.1, -0.05) is 67.6 Å². The molecule has 156 valence electrons. The lowest BCUT2D eigenvalue weighted by Gasteiger charge is -2.25. The van der Waals surface area contributed by atoms with Gasteiger partial charge in [-0.15, -0.1) is 0 Å². The molecular weight excluding hydrogens is 390 g/mol. The number of amides is 4. The zero-order valence-corrected chi connectivity index (χ0v) is 16.2. The molecule has 1 aliphatic heterocycles. The minimum absolute atomic E-state index is 0.270. The Balaban J connectivity index is 1.62. The third kappa shape index (κ3) is 4.01. The van der Waals surface area contributed by atoms with Crippen LogP contribution in [0.1, 0.15) is 30.6 Å². The van der Waals surface area contributed by atoms with Gasteiger partial charge in [0, 0.05) is 0 Å². The fraction of sp³-hybridized carbons (Fsp3) is 0.238. The molecule has 30 heavy (non-hydrogen) atoms. The van der Waals surface area contributed by atoms with E-state index in [0.29, 0.717) is 16.1 Å². The summed E-state index contributed by atoms with van der Waals surface area (Å²) >= 11 is 0. The van der Waals surface area contributed by atoms with E-state index in [1.165, 1.54) is 12.1 Å². The van der Waals surface area contributed by atoms with Gasteiger partial charge in [0.05, 0.1) is 0 Å². The summed E-state index contributed by atoms with van der Waals surface area (Å²) in [5.41, 5.74) is 1.74. The normalized spacial score (nSPS) is 19.2. The van der Waals surface area contributed by atoms with Crippen LogP contribution < -0.4 is 10.7 Å². The molecule has 1 heterocycles. The van der Waals surface area contributed by atoms with E-state index in [1.807, 2.05) is 0 Å². The van der Waals surface area contributed by atoms with Crippen LogP contribution in [0.4, 0.5) is 4.79 Å². The van der Waals surface area contributed by atoms with Crippen LogP contribution in [0.25, 0.3) is 0 Å². The second-order valence-corrected chi connectivity index (χ2v) is 6.65. The molecule has 0 aliphatic carbocycles. The summed E-state index contributed by atoms with van der Waals surface area (Å²) in [4.78, 5) is 49.3. The first kappa shape index (κ1) is 21.0. The summed E-state index contributed by atoms with van der Waals surface area (Å²) in [5.74, 6) is -2.57. The van der Waals surface area contributed by atoms with E-state index >= 15 is 0 Å². The van der Waals surface area contributed by atoms with Gasteiger partial charge in [-0.3, -0.25) is 15.0 Å². The molecule has 2 aromatic carbocycles. The fourth-order valence-electron chi connectivity index (χ4n) is 3.18. The van der Waals surface area contributed by atoms with Crippen molar-refractivity contribution in [3.8, 4) is 0 Å². The van der Waals surface area contributed by atoms with Crippen LogP contribution in [0.3, 0.4) is 0 Å². The number of hydrogen-bond donors (Lipinski definition) is 3. The Bertz CT molecular complexity index is 950. The maximum atomic E-state index is 12.9. The van der Waals surface area contributed by atoms with Crippen molar-refractivity contribution < 1.29 is 29.0 Å². The third-order valence-corrected chi connectivity index (χ3v) is 4.81. The van der Waals surface area contributed by atoms with Crippen LogP contribution in [0.5, 0.6) is 0 Å². The monoisotopic (exact) mass is 411 g/mol. The smallest absolute Gasteiger partial charge is 0.344 e. The summed E-state index contributed by atoms with van der Waals surface area (Å²) in [7, 11) is 0. The Morgan fingerprint density at radius 2 is 1.70 bits per heavy atom. The molecule has 0 bridgehead atoms. The number of hydrogen-bond acceptors (Lipinski definition) is 6. The quantitative estimate of drug-likeness (QED) is 0.464. The van der Waals surface area contributed by atoms with Gasteiger partial charge in [0.15, 0.2) is 12.7 Å². The minimum atomic E-state index is -1.55. The molecule has 3 N–H and O–H groups in total. The number of carbonyl (C=O) groups is 4. The van der Waals surface area contributed by atoms with E-state index < -0.39 is 42.1 Å². The number of urea groups is 1. The van der Waals surface area contributed by atoms with Gasteiger partial charge >= 0.3 is 12.0 Å². The predicted molar refractivity (Wildman–Crippen MR) is 104 cm³/mol. The molecule has 4 amide bonds. The van der Waals surface area contributed by atoms with Gasteiger partial charge in [0.2, 0.25) is 0 Å². The molecule has 0 spiro atoms. The first-order chi connectivity index (χ1) is 14.4. The zero-order chi connectivity index (χ0) is 21.7. The molecule has 1 aliphatic rings. The number of nitrogens with zero attached hydrogens (tertiary/aromatic N) is 1. The van der Waals surface area contributed by atoms with Crippen LogP contribution in [-0.4, -0.2) is 40.5 Å². The van der Waals surface area contributed by atoms with Crippen molar-refractivity contribution in [2.45, 2.75) is 25.0 Å². The molecule has 0 unspecified atom stereocenters. The van der Waals surface area contributed by atoms with Gasteiger partial charge in [0.1, 0.15) is 5.54 Å². The van der Waals surface area contributed by atoms with E-state index in [1.54, 1.807) is 55.5 Å². The largest absolute Gasteiger partial charge is 0.453 e. The Labute approximate surface area is 172 Å².